The first-order valence-electron chi connectivity index (χ1n) is 6.26. The van der Waals surface area contributed by atoms with Crippen molar-refractivity contribution in [2.24, 2.45) is 0 Å². The number of rotatable bonds is 2. The first-order chi connectivity index (χ1) is 9.58. The fraction of sp³-hybridized carbons (Fsp3) is 0.267. The van der Waals surface area contributed by atoms with Crippen molar-refractivity contribution in [1.29, 1.82) is 0 Å². The second-order valence-corrected chi connectivity index (χ2v) is 6.99. The molecule has 0 atom stereocenters. The molecule has 5 heteroatoms. The minimum atomic E-state index is -1.05. The summed E-state index contributed by atoms with van der Waals surface area (Å²) in [6.45, 7) is 1.48. The van der Waals surface area contributed by atoms with Crippen molar-refractivity contribution < 1.29 is 13.6 Å². The molecule has 0 bridgehead atoms. The summed E-state index contributed by atoms with van der Waals surface area (Å²) in [5, 5.41) is 0. The Labute approximate surface area is 124 Å². The van der Waals surface area contributed by atoms with E-state index >= 15 is 0 Å². The molecular weight excluding hydrogens is 298 g/mol. The van der Waals surface area contributed by atoms with E-state index in [1.165, 1.54) is 35.3 Å². The normalized spacial score (nSPS) is 14.2. The average Bonchev–Trinajstić information content (AvgIpc) is 2.88. The Morgan fingerprint density at radius 1 is 1.25 bits per heavy atom. The number of carbonyl (C=O) groups is 1. The maximum atomic E-state index is 13.9. The maximum Gasteiger partial charge on any atom is 0.206 e. The van der Waals surface area contributed by atoms with Crippen LogP contribution in [-0.4, -0.2) is 11.5 Å². The van der Waals surface area contributed by atoms with Gasteiger partial charge in [-0.05, 0) is 42.4 Å². The third kappa shape index (κ3) is 2.29. The quantitative estimate of drug-likeness (QED) is 0.767. The number of halogens is 2. The molecule has 0 aliphatic carbocycles. The molecule has 104 valence electrons. The van der Waals surface area contributed by atoms with Gasteiger partial charge in [0.25, 0.3) is 0 Å². The lowest BCUT2D eigenvalue weighted by atomic mass is 10.1. The maximum absolute atomic E-state index is 13.9. The predicted octanol–water partition coefficient (Wildman–Crippen LogP) is 4.36. The number of ketones is 1. The number of hydrogen-bond donors (Lipinski definition) is 0. The van der Waals surface area contributed by atoms with Crippen LogP contribution in [0.25, 0.3) is 0 Å². The van der Waals surface area contributed by atoms with Gasteiger partial charge in [-0.2, -0.15) is 11.8 Å². The topological polar surface area (TPSA) is 17.1 Å². The highest BCUT2D eigenvalue weighted by Gasteiger charge is 2.22. The summed E-state index contributed by atoms with van der Waals surface area (Å²) < 4.78 is 27.5. The Hall–Kier alpha value is -1.20. The Bertz CT molecular complexity index is 668. The smallest absolute Gasteiger partial charge is 0.206 e. The zero-order valence-electron chi connectivity index (χ0n) is 10.8. The van der Waals surface area contributed by atoms with Gasteiger partial charge in [0.2, 0.25) is 5.78 Å². The highest BCUT2D eigenvalue weighted by Crippen LogP contribution is 2.33. The van der Waals surface area contributed by atoms with Gasteiger partial charge >= 0.3 is 0 Å². The van der Waals surface area contributed by atoms with Gasteiger partial charge in [-0.15, -0.1) is 11.3 Å². The first-order valence-corrected chi connectivity index (χ1v) is 8.23. The highest BCUT2D eigenvalue weighted by molar-refractivity contribution is 7.98. The van der Waals surface area contributed by atoms with E-state index in [0.717, 1.165) is 23.5 Å². The highest BCUT2D eigenvalue weighted by atomic mass is 32.2. The van der Waals surface area contributed by atoms with Crippen molar-refractivity contribution in [3.63, 3.8) is 0 Å². The lowest BCUT2D eigenvalue weighted by Crippen LogP contribution is -2.05. The van der Waals surface area contributed by atoms with E-state index in [4.69, 9.17) is 0 Å². The molecule has 1 nitrogen and oxygen atoms in total. The lowest BCUT2D eigenvalue weighted by molar-refractivity contribution is 0.103. The first kappa shape index (κ1) is 13.8. The number of aryl methyl sites for hydroxylation is 2. The van der Waals surface area contributed by atoms with Crippen LogP contribution in [0.4, 0.5) is 8.78 Å². The molecule has 0 fully saturated rings. The summed E-state index contributed by atoms with van der Waals surface area (Å²) in [7, 11) is 0. The number of fused-ring (bicyclic) bond motifs is 1. The van der Waals surface area contributed by atoms with E-state index in [1.807, 2.05) is 17.8 Å². The molecule has 2 aromatic rings. The van der Waals surface area contributed by atoms with E-state index in [0.29, 0.717) is 4.88 Å². The second kappa shape index (κ2) is 5.30. The van der Waals surface area contributed by atoms with Crippen LogP contribution in [0.3, 0.4) is 0 Å². The molecule has 0 spiro atoms. The SMILES string of the molecule is Cc1ccc(C(=O)c2cc3c(s2)CCSC3)c(F)c1F. The van der Waals surface area contributed by atoms with Crippen LogP contribution in [0.15, 0.2) is 18.2 Å². The van der Waals surface area contributed by atoms with E-state index in [1.54, 1.807) is 0 Å². The van der Waals surface area contributed by atoms with E-state index in [9.17, 15) is 13.6 Å². The van der Waals surface area contributed by atoms with Gasteiger partial charge in [0.15, 0.2) is 11.6 Å². The zero-order valence-corrected chi connectivity index (χ0v) is 12.5. The molecule has 1 aromatic heterocycles. The summed E-state index contributed by atoms with van der Waals surface area (Å²) in [6.07, 6.45) is 0.947. The number of thioether (sulfide) groups is 1. The van der Waals surface area contributed by atoms with Gasteiger partial charge in [-0.1, -0.05) is 6.07 Å². The number of thiophene rings is 1. The molecule has 2 heterocycles. The van der Waals surface area contributed by atoms with Crippen LogP contribution >= 0.6 is 23.1 Å². The Balaban J connectivity index is 2.01. The Morgan fingerprint density at radius 2 is 2.05 bits per heavy atom. The van der Waals surface area contributed by atoms with E-state index < -0.39 is 17.4 Å². The van der Waals surface area contributed by atoms with Crippen molar-refractivity contribution in [1.82, 2.24) is 0 Å². The van der Waals surface area contributed by atoms with E-state index in [-0.39, 0.29) is 11.1 Å². The molecule has 20 heavy (non-hydrogen) atoms. The second-order valence-electron chi connectivity index (χ2n) is 4.75. The fourth-order valence-electron chi connectivity index (χ4n) is 2.21. The van der Waals surface area contributed by atoms with Gasteiger partial charge in [0.05, 0.1) is 10.4 Å². The van der Waals surface area contributed by atoms with Crippen LogP contribution in [0, 0.1) is 18.6 Å². The van der Waals surface area contributed by atoms with Crippen molar-refractivity contribution >= 4 is 28.9 Å². The van der Waals surface area contributed by atoms with Crippen LogP contribution in [0.5, 0.6) is 0 Å². The van der Waals surface area contributed by atoms with Crippen molar-refractivity contribution in [2.75, 3.05) is 5.75 Å². The third-order valence-corrected chi connectivity index (χ3v) is 5.62. The summed E-state index contributed by atoms with van der Waals surface area (Å²) in [6, 6.07) is 4.63. The monoisotopic (exact) mass is 310 g/mol. The number of carbonyl (C=O) groups excluding carboxylic acids is 1. The van der Waals surface area contributed by atoms with Gasteiger partial charge in [-0.25, -0.2) is 8.78 Å². The molecule has 0 saturated carbocycles. The lowest BCUT2D eigenvalue weighted by Gasteiger charge is -2.08. The van der Waals surface area contributed by atoms with Gasteiger partial charge in [0, 0.05) is 10.6 Å². The van der Waals surface area contributed by atoms with Crippen LogP contribution in [-0.2, 0) is 12.2 Å². The minimum Gasteiger partial charge on any atom is -0.288 e. The molecule has 1 aromatic carbocycles. The van der Waals surface area contributed by atoms with Crippen LogP contribution in [0.1, 0.15) is 31.2 Å². The van der Waals surface area contributed by atoms with Gasteiger partial charge in [0.1, 0.15) is 0 Å². The molecule has 1 aliphatic heterocycles. The molecule has 0 unspecified atom stereocenters. The van der Waals surface area contributed by atoms with Gasteiger partial charge in [-0.3, -0.25) is 4.79 Å². The van der Waals surface area contributed by atoms with Crippen molar-refractivity contribution in [2.45, 2.75) is 19.1 Å². The number of hydrogen-bond acceptors (Lipinski definition) is 3. The Morgan fingerprint density at radius 3 is 2.80 bits per heavy atom. The van der Waals surface area contributed by atoms with Crippen LogP contribution in [0.2, 0.25) is 0 Å². The molecule has 0 radical (unpaired) electrons. The molecule has 0 amide bonds. The summed E-state index contributed by atoms with van der Waals surface area (Å²) >= 11 is 3.23. The number of benzene rings is 1. The minimum absolute atomic E-state index is 0.181. The largest absolute Gasteiger partial charge is 0.288 e. The summed E-state index contributed by atoms with van der Waals surface area (Å²) in [5.74, 6) is -0.465. The average molecular weight is 310 g/mol. The molecular formula is C15H12F2OS2. The fourth-order valence-corrected chi connectivity index (χ4v) is 4.54. The van der Waals surface area contributed by atoms with Gasteiger partial charge < -0.3 is 0 Å². The molecule has 3 rings (SSSR count). The third-order valence-electron chi connectivity index (χ3n) is 3.37. The Kier molecular flexibility index (Phi) is 3.65. The molecule has 1 aliphatic rings. The molecule has 0 N–H and O–H groups in total. The van der Waals surface area contributed by atoms with Crippen molar-refractivity contribution in [3.05, 3.63) is 56.3 Å². The standard InChI is InChI=1S/C15H12F2OS2/c1-8-2-3-10(14(17)13(8)16)15(18)12-6-9-7-19-5-4-11(9)20-12/h2-3,6H,4-5,7H2,1H3. The molecule has 0 saturated heterocycles. The van der Waals surface area contributed by atoms with Crippen LogP contribution < -0.4 is 0 Å². The van der Waals surface area contributed by atoms with E-state index in [2.05, 4.69) is 0 Å². The predicted molar refractivity (Wildman–Crippen MR) is 78.7 cm³/mol. The summed E-state index contributed by atoms with van der Waals surface area (Å²) in [4.78, 5) is 14.0. The van der Waals surface area contributed by atoms with Crippen molar-refractivity contribution in [3.8, 4) is 0 Å². The summed E-state index contributed by atoms with van der Waals surface area (Å²) in [5.41, 5.74) is 1.18. The zero-order chi connectivity index (χ0) is 14.3.